The van der Waals surface area contributed by atoms with Gasteiger partial charge < -0.3 is 24.5 Å². The largest absolute Gasteiger partial charge is 0.426 e. The fourth-order valence-electron chi connectivity index (χ4n) is 3.52. The van der Waals surface area contributed by atoms with E-state index in [-0.39, 0.29) is 34.9 Å². The second-order valence-electron chi connectivity index (χ2n) is 12.3. The highest BCUT2D eigenvalue weighted by molar-refractivity contribution is 7.39. The van der Waals surface area contributed by atoms with E-state index in [1.807, 2.05) is 6.92 Å². The van der Waals surface area contributed by atoms with Crippen molar-refractivity contribution in [3.05, 3.63) is 28.8 Å². The van der Waals surface area contributed by atoms with Gasteiger partial charge in [-0.25, -0.2) is 0 Å². The van der Waals surface area contributed by atoms with E-state index in [1.165, 1.54) is 5.56 Å². The summed E-state index contributed by atoms with van der Waals surface area (Å²) in [6.45, 7) is 23.6. The van der Waals surface area contributed by atoms with Gasteiger partial charge in [-0.1, -0.05) is 101 Å². The molecule has 5 nitrogen and oxygen atoms in total. The van der Waals surface area contributed by atoms with E-state index in [1.54, 1.807) is 0 Å². The molecule has 0 aromatic heterocycles. The normalized spacial score (nSPS) is 13.1. The Bertz CT molecular complexity index is 661. The van der Waals surface area contributed by atoms with Crippen LogP contribution in [0, 0.1) is 5.41 Å². The van der Waals surface area contributed by atoms with Gasteiger partial charge in [0.1, 0.15) is 5.75 Å². The van der Waals surface area contributed by atoms with Gasteiger partial charge in [0.15, 0.2) is 0 Å². The summed E-state index contributed by atoms with van der Waals surface area (Å²) in [4.78, 5) is 18.8. The number of benzene rings is 1. The van der Waals surface area contributed by atoms with Crippen LogP contribution >= 0.6 is 8.60 Å². The predicted molar refractivity (Wildman–Crippen MR) is 141 cm³/mol. The molecule has 194 valence electrons. The lowest BCUT2D eigenvalue weighted by molar-refractivity contribution is 0.0420. The van der Waals surface area contributed by atoms with Gasteiger partial charge in [-0.3, -0.25) is 0 Å². The topological polar surface area (TPSA) is 90.2 Å². The highest BCUT2D eigenvalue weighted by Crippen LogP contribution is 2.46. The number of unbranched alkanes of at least 4 members (excludes halogenated alkanes) is 1. The zero-order valence-electron chi connectivity index (χ0n) is 23.0. The van der Waals surface area contributed by atoms with Crippen LogP contribution in [0.3, 0.4) is 0 Å². The minimum Gasteiger partial charge on any atom is -0.426 e. The summed E-state index contributed by atoms with van der Waals surface area (Å²) in [5.41, 5.74) is 2.76. The van der Waals surface area contributed by atoms with Crippen molar-refractivity contribution in [2.24, 2.45) is 5.41 Å². The molecule has 33 heavy (non-hydrogen) atoms. The molecule has 0 aliphatic carbocycles. The molecule has 1 rings (SSSR count). The predicted octanol–water partition coefficient (Wildman–Crippen LogP) is 6.73. The molecule has 0 atom stereocenters. The molecule has 0 aliphatic rings. The Kier molecular flexibility index (Phi) is 12.6. The molecule has 4 N–H and O–H groups in total. The number of aliphatic hydroxyl groups excluding tert-OH is 2. The Morgan fingerprint density at radius 3 is 1.42 bits per heavy atom. The van der Waals surface area contributed by atoms with Crippen molar-refractivity contribution in [3.63, 3.8) is 0 Å². The van der Waals surface area contributed by atoms with E-state index >= 15 is 0 Å². The fraction of sp³-hybridized carbons (Fsp3) is 0.778. The monoisotopic (exact) mass is 486 g/mol. The van der Waals surface area contributed by atoms with Crippen molar-refractivity contribution in [2.45, 2.75) is 118 Å². The van der Waals surface area contributed by atoms with Gasteiger partial charge in [-0.05, 0) is 34.7 Å². The third-order valence-corrected chi connectivity index (χ3v) is 6.57. The van der Waals surface area contributed by atoms with E-state index in [4.69, 9.17) is 14.7 Å². The lowest BCUT2D eigenvalue weighted by Gasteiger charge is -2.32. The summed E-state index contributed by atoms with van der Waals surface area (Å²) in [6, 6.07) is 4.28. The van der Waals surface area contributed by atoms with Crippen molar-refractivity contribution in [3.8, 4) is 5.75 Å². The average Bonchev–Trinajstić information content (AvgIpc) is 2.67. The minimum atomic E-state index is -2.44. The molecule has 0 radical (unpaired) electrons. The van der Waals surface area contributed by atoms with Crippen LogP contribution in [0.15, 0.2) is 12.1 Å². The SMILES string of the molecule is CC(C)(C)c1cc(C(C)(C)C)c(OP(O)O)c(C(C)(C)C)c1.CCCCC(CC)(CO)CO. The van der Waals surface area contributed by atoms with Gasteiger partial charge in [0, 0.05) is 16.5 Å². The molecule has 0 amide bonds. The van der Waals surface area contributed by atoms with Crippen LogP contribution in [0.4, 0.5) is 0 Å². The summed E-state index contributed by atoms with van der Waals surface area (Å²) in [7, 11) is -2.44. The van der Waals surface area contributed by atoms with Crippen molar-refractivity contribution in [2.75, 3.05) is 13.2 Å². The maximum absolute atomic E-state index is 9.41. The van der Waals surface area contributed by atoms with E-state index < -0.39 is 8.60 Å². The summed E-state index contributed by atoms with van der Waals surface area (Å²) in [5.74, 6) is 0.615. The summed E-state index contributed by atoms with van der Waals surface area (Å²) in [5, 5.41) is 18.1. The number of hydrogen-bond donors (Lipinski definition) is 4. The smallest absolute Gasteiger partial charge is 0.391 e. The van der Waals surface area contributed by atoms with E-state index in [0.29, 0.717) is 5.75 Å². The first-order chi connectivity index (χ1) is 14.9. The Morgan fingerprint density at radius 1 is 0.758 bits per heavy atom. The van der Waals surface area contributed by atoms with Gasteiger partial charge in [0.2, 0.25) is 0 Å². The third-order valence-electron chi connectivity index (χ3n) is 6.23. The lowest BCUT2D eigenvalue weighted by atomic mass is 9.75. The van der Waals surface area contributed by atoms with Gasteiger partial charge in [-0.15, -0.1) is 0 Å². The van der Waals surface area contributed by atoms with Crippen LogP contribution in [0.1, 0.15) is 119 Å². The lowest BCUT2D eigenvalue weighted by Crippen LogP contribution is -2.28. The van der Waals surface area contributed by atoms with E-state index in [0.717, 1.165) is 36.8 Å². The second-order valence-corrected chi connectivity index (χ2v) is 13.0. The molecule has 6 heteroatoms. The zero-order chi connectivity index (χ0) is 26.3. The van der Waals surface area contributed by atoms with Crippen molar-refractivity contribution in [1.29, 1.82) is 0 Å². The first kappa shape index (κ1) is 32.3. The van der Waals surface area contributed by atoms with Gasteiger partial charge >= 0.3 is 8.60 Å². The van der Waals surface area contributed by atoms with Crippen LogP contribution in [-0.4, -0.2) is 33.2 Å². The molecule has 0 bridgehead atoms. The number of rotatable bonds is 8. The summed E-state index contributed by atoms with van der Waals surface area (Å²) >= 11 is 0. The van der Waals surface area contributed by atoms with Crippen LogP contribution in [0.2, 0.25) is 0 Å². The molecule has 0 heterocycles. The van der Waals surface area contributed by atoms with Crippen LogP contribution in [-0.2, 0) is 16.2 Å². The van der Waals surface area contributed by atoms with E-state index in [2.05, 4.69) is 81.4 Å². The van der Waals surface area contributed by atoms with Gasteiger partial charge in [0.05, 0.1) is 13.2 Å². The van der Waals surface area contributed by atoms with Crippen molar-refractivity contribution < 1.29 is 24.5 Å². The number of aliphatic hydroxyl groups is 2. The molecule has 0 unspecified atom stereocenters. The molecular formula is C27H51O5P. The quantitative estimate of drug-likeness (QED) is 0.306. The molecule has 1 aromatic carbocycles. The Labute approximate surface area is 204 Å². The molecule has 0 saturated carbocycles. The molecule has 0 aliphatic heterocycles. The highest BCUT2D eigenvalue weighted by atomic mass is 31.2. The van der Waals surface area contributed by atoms with Crippen molar-refractivity contribution in [1.82, 2.24) is 0 Å². The second kappa shape index (κ2) is 12.8. The minimum absolute atomic E-state index is 0.0156. The first-order valence-corrected chi connectivity index (χ1v) is 13.3. The maximum atomic E-state index is 9.41. The summed E-state index contributed by atoms with van der Waals surface area (Å²) < 4.78 is 5.47. The number of hydrogen-bond acceptors (Lipinski definition) is 5. The Balaban J connectivity index is 0.000000785. The zero-order valence-corrected chi connectivity index (χ0v) is 23.9. The molecule has 0 spiro atoms. The third kappa shape index (κ3) is 10.2. The van der Waals surface area contributed by atoms with Gasteiger partial charge in [0.25, 0.3) is 0 Å². The Hall–Kier alpha value is -0.710. The van der Waals surface area contributed by atoms with E-state index in [9.17, 15) is 9.79 Å². The summed E-state index contributed by atoms with van der Waals surface area (Å²) in [6.07, 6.45) is 4.02. The van der Waals surface area contributed by atoms with Crippen LogP contribution in [0.25, 0.3) is 0 Å². The first-order valence-electron chi connectivity index (χ1n) is 12.2. The Morgan fingerprint density at radius 2 is 1.18 bits per heavy atom. The fourth-order valence-corrected chi connectivity index (χ4v) is 3.88. The molecule has 1 aromatic rings. The average molecular weight is 487 g/mol. The highest BCUT2D eigenvalue weighted by Gasteiger charge is 2.31. The molecular weight excluding hydrogens is 435 g/mol. The van der Waals surface area contributed by atoms with Gasteiger partial charge in [-0.2, -0.15) is 0 Å². The maximum Gasteiger partial charge on any atom is 0.391 e. The van der Waals surface area contributed by atoms with Crippen molar-refractivity contribution >= 4 is 8.60 Å². The molecule has 0 saturated heterocycles. The van der Waals surface area contributed by atoms with Crippen LogP contribution < -0.4 is 4.52 Å². The standard InChI is InChI=1S/C18H31O3P.C9H20O2/c1-16(2,3)12-10-13(17(4,5)6)15(21-22(19)20)14(11-12)18(7,8)9;1-3-5-6-9(4-2,7-10)8-11/h10-11,19-20H,1-9H3;10-11H,3-8H2,1-2H3. The molecule has 0 fully saturated rings. The van der Waals surface area contributed by atoms with Crippen LogP contribution in [0.5, 0.6) is 5.75 Å².